The zero-order valence-corrected chi connectivity index (χ0v) is 6.92. The van der Waals surface area contributed by atoms with Crippen molar-refractivity contribution in [2.45, 2.75) is 24.4 Å². The highest BCUT2D eigenvalue weighted by Crippen LogP contribution is 2.48. The van der Waals surface area contributed by atoms with E-state index in [1.54, 1.807) is 0 Å². The summed E-state index contributed by atoms with van der Waals surface area (Å²) in [5.74, 6) is 0. The molecule has 1 aliphatic heterocycles. The number of epoxide rings is 1. The standard InChI is InChI=1S/C10H10O3/c11-7-5-3-1-2-4-6(5)8(12)10-9(7)13-10/h1-4,7-12H. The number of hydrogen-bond donors (Lipinski definition) is 2. The molecule has 68 valence electrons. The van der Waals surface area contributed by atoms with Gasteiger partial charge in [-0.3, -0.25) is 0 Å². The van der Waals surface area contributed by atoms with E-state index in [0.717, 1.165) is 11.1 Å². The van der Waals surface area contributed by atoms with E-state index in [1.807, 2.05) is 24.3 Å². The van der Waals surface area contributed by atoms with Crippen LogP contribution < -0.4 is 0 Å². The van der Waals surface area contributed by atoms with E-state index in [4.69, 9.17) is 4.74 Å². The second-order valence-corrected chi connectivity index (χ2v) is 3.58. The van der Waals surface area contributed by atoms with E-state index < -0.39 is 12.2 Å². The van der Waals surface area contributed by atoms with Crippen molar-refractivity contribution in [2.75, 3.05) is 0 Å². The largest absolute Gasteiger partial charge is 0.386 e. The highest BCUT2D eigenvalue weighted by atomic mass is 16.6. The summed E-state index contributed by atoms with van der Waals surface area (Å²) in [7, 11) is 0. The van der Waals surface area contributed by atoms with Gasteiger partial charge in [-0.15, -0.1) is 0 Å². The molecule has 1 saturated heterocycles. The topological polar surface area (TPSA) is 53.0 Å². The Morgan fingerprint density at radius 3 is 1.85 bits per heavy atom. The number of ether oxygens (including phenoxy) is 1. The molecule has 0 aromatic heterocycles. The van der Waals surface area contributed by atoms with Gasteiger partial charge in [-0.25, -0.2) is 0 Å². The highest BCUT2D eigenvalue weighted by Gasteiger charge is 2.54. The fourth-order valence-electron chi connectivity index (χ4n) is 2.05. The maximum Gasteiger partial charge on any atom is 0.117 e. The highest BCUT2D eigenvalue weighted by molar-refractivity contribution is 5.37. The first kappa shape index (κ1) is 7.50. The van der Waals surface area contributed by atoms with Gasteiger partial charge in [0, 0.05) is 0 Å². The molecule has 3 rings (SSSR count). The third kappa shape index (κ3) is 0.892. The van der Waals surface area contributed by atoms with Gasteiger partial charge in [0.05, 0.1) is 0 Å². The van der Waals surface area contributed by atoms with Crippen LogP contribution in [0.4, 0.5) is 0 Å². The predicted molar refractivity (Wildman–Crippen MR) is 45.0 cm³/mol. The average Bonchev–Trinajstić information content (AvgIpc) is 2.94. The van der Waals surface area contributed by atoms with Crippen LogP contribution >= 0.6 is 0 Å². The smallest absolute Gasteiger partial charge is 0.117 e. The van der Waals surface area contributed by atoms with Crippen LogP contribution in [0.2, 0.25) is 0 Å². The molecule has 1 aliphatic carbocycles. The van der Waals surface area contributed by atoms with Gasteiger partial charge in [-0.2, -0.15) is 0 Å². The monoisotopic (exact) mass is 178 g/mol. The first-order valence-corrected chi connectivity index (χ1v) is 4.39. The van der Waals surface area contributed by atoms with Crippen LogP contribution in [0.3, 0.4) is 0 Å². The van der Waals surface area contributed by atoms with Gasteiger partial charge in [-0.1, -0.05) is 24.3 Å². The minimum atomic E-state index is -0.565. The summed E-state index contributed by atoms with van der Waals surface area (Å²) in [6.45, 7) is 0. The first-order chi connectivity index (χ1) is 6.29. The lowest BCUT2D eigenvalue weighted by atomic mass is 9.87. The molecule has 4 unspecified atom stereocenters. The van der Waals surface area contributed by atoms with Crippen LogP contribution in [0.5, 0.6) is 0 Å². The molecule has 2 aliphatic rings. The van der Waals surface area contributed by atoms with Crippen LogP contribution in [0.15, 0.2) is 24.3 Å². The molecule has 0 bridgehead atoms. The summed E-state index contributed by atoms with van der Waals surface area (Å²) in [5.41, 5.74) is 1.60. The summed E-state index contributed by atoms with van der Waals surface area (Å²) in [5, 5.41) is 19.5. The van der Waals surface area contributed by atoms with Gasteiger partial charge in [0.15, 0.2) is 0 Å². The van der Waals surface area contributed by atoms with Crippen LogP contribution in [0.1, 0.15) is 23.3 Å². The average molecular weight is 178 g/mol. The van der Waals surface area contributed by atoms with Gasteiger partial charge in [0.25, 0.3) is 0 Å². The number of fused-ring (bicyclic) bond motifs is 2. The van der Waals surface area contributed by atoms with E-state index >= 15 is 0 Å². The van der Waals surface area contributed by atoms with Crippen molar-refractivity contribution in [3.8, 4) is 0 Å². The van der Waals surface area contributed by atoms with Crippen LogP contribution in [-0.4, -0.2) is 22.4 Å². The molecule has 1 fully saturated rings. The van der Waals surface area contributed by atoms with Crippen LogP contribution in [0, 0.1) is 0 Å². The molecule has 0 amide bonds. The molecule has 0 saturated carbocycles. The molecule has 1 aromatic carbocycles. The maximum absolute atomic E-state index is 9.75. The van der Waals surface area contributed by atoms with E-state index in [1.165, 1.54) is 0 Å². The molecule has 4 atom stereocenters. The maximum atomic E-state index is 9.75. The summed E-state index contributed by atoms with van der Waals surface area (Å²) < 4.78 is 5.18. The normalized spacial score (nSPS) is 40.8. The fraction of sp³-hybridized carbons (Fsp3) is 0.400. The second kappa shape index (κ2) is 2.32. The molecular formula is C10H10O3. The third-order valence-corrected chi connectivity index (χ3v) is 2.82. The minimum absolute atomic E-state index is 0.190. The van der Waals surface area contributed by atoms with Crippen LogP contribution in [0.25, 0.3) is 0 Å². The molecule has 3 heteroatoms. The molecule has 1 heterocycles. The van der Waals surface area contributed by atoms with Crippen molar-refractivity contribution in [1.29, 1.82) is 0 Å². The fourth-order valence-corrected chi connectivity index (χ4v) is 2.05. The van der Waals surface area contributed by atoms with E-state index in [0.29, 0.717) is 0 Å². The Hall–Kier alpha value is -0.900. The Morgan fingerprint density at radius 2 is 1.38 bits per heavy atom. The Morgan fingerprint density at radius 1 is 0.923 bits per heavy atom. The molecule has 0 radical (unpaired) electrons. The van der Waals surface area contributed by atoms with Gasteiger partial charge in [0.1, 0.15) is 24.4 Å². The van der Waals surface area contributed by atoms with Gasteiger partial charge >= 0.3 is 0 Å². The summed E-state index contributed by atoms with van der Waals surface area (Å²) in [4.78, 5) is 0. The van der Waals surface area contributed by atoms with Gasteiger partial charge < -0.3 is 14.9 Å². The molecular weight excluding hydrogens is 168 g/mol. The number of rotatable bonds is 0. The summed E-state index contributed by atoms with van der Waals surface area (Å²) in [6.07, 6.45) is -1.51. The Labute approximate surface area is 75.6 Å². The van der Waals surface area contributed by atoms with Gasteiger partial charge in [-0.05, 0) is 11.1 Å². The lowest BCUT2D eigenvalue weighted by Gasteiger charge is -2.21. The number of benzene rings is 1. The van der Waals surface area contributed by atoms with Crippen molar-refractivity contribution < 1.29 is 14.9 Å². The Bertz CT molecular complexity index is 317. The number of aliphatic hydroxyl groups excluding tert-OH is 2. The van der Waals surface area contributed by atoms with Crippen molar-refractivity contribution in [2.24, 2.45) is 0 Å². The first-order valence-electron chi connectivity index (χ1n) is 4.39. The quantitative estimate of drug-likeness (QED) is 0.570. The lowest BCUT2D eigenvalue weighted by molar-refractivity contribution is 0.119. The Balaban J connectivity index is 2.15. The Kier molecular flexibility index (Phi) is 1.34. The van der Waals surface area contributed by atoms with E-state index in [9.17, 15) is 10.2 Å². The van der Waals surface area contributed by atoms with Crippen molar-refractivity contribution >= 4 is 0 Å². The SMILES string of the molecule is OC1c2ccccc2C(O)C2OC12. The molecule has 2 N–H and O–H groups in total. The number of aliphatic hydroxyl groups is 2. The summed E-state index contributed by atoms with van der Waals surface area (Å²) >= 11 is 0. The van der Waals surface area contributed by atoms with E-state index in [-0.39, 0.29) is 12.2 Å². The van der Waals surface area contributed by atoms with Crippen molar-refractivity contribution in [1.82, 2.24) is 0 Å². The molecule has 1 aromatic rings. The van der Waals surface area contributed by atoms with Crippen LogP contribution in [-0.2, 0) is 4.74 Å². The molecule has 3 nitrogen and oxygen atoms in total. The van der Waals surface area contributed by atoms with E-state index in [2.05, 4.69) is 0 Å². The van der Waals surface area contributed by atoms with Gasteiger partial charge in [0.2, 0.25) is 0 Å². The molecule has 0 spiro atoms. The zero-order chi connectivity index (χ0) is 9.00. The molecule has 13 heavy (non-hydrogen) atoms. The third-order valence-electron chi connectivity index (χ3n) is 2.82. The summed E-state index contributed by atoms with van der Waals surface area (Å²) in [6, 6.07) is 7.39. The predicted octanol–water partition coefficient (Wildman–Crippen LogP) is 0.534. The minimum Gasteiger partial charge on any atom is -0.386 e. The lowest BCUT2D eigenvalue weighted by Crippen LogP contribution is -2.22. The number of hydrogen-bond acceptors (Lipinski definition) is 3. The second-order valence-electron chi connectivity index (χ2n) is 3.58. The zero-order valence-electron chi connectivity index (χ0n) is 6.92. The van der Waals surface area contributed by atoms with Crippen molar-refractivity contribution in [3.63, 3.8) is 0 Å². The van der Waals surface area contributed by atoms with Crippen molar-refractivity contribution in [3.05, 3.63) is 35.4 Å².